The summed E-state index contributed by atoms with van der Waals surface area (Å²) in [5, 5.41) is 2.58. The fourth-order valence-electron chi connectivity index (χ4n) is 1.36. The minimum Gasteiger partial charge on any atom is -0.436 e. The smallest absolute Gasteiger partial charge is 0.221 e. The molecule has 2 rings (SSSR count). The molecule has 0 radical (unpaired) electrons. The van der Waals surface area contributed by atoms with Crippen LogP contribution in [0.4, 0.5) is 10.1 Å². The predicted molar refractivity (Wildman–Crippen MR) is 108 cm³/mol. The van der Waals surface area contributed by atoms with Crippen molar-refractivity contribution in [3.63, 3.8) is 0 Å². The number of pyridine rings is 1. The van der Waals surface area contributed by atoms with E-state index in [1.807, 2.05) is 27.7 Å². The summed E-state index contributed by atoms with van der Waals surface area (Å²) in [4.78, 5) is 14.8. The van der Waals surface area contributed by atoms with Crippen LogP contribution in [0.25, 0.3) is 0 Å². The second kappa shape index (κ2) is 16.9. The van der Waals surface area contributed by atoms with Crippen LogP contribution in [0.15, 0.2) is 67.9 Å². The highest BCUT2D eigenvalue weighted by Gasteiger charge is 2.04. The summed E-state index contributed by atoms with van der Waals surface area (Å²) in [7, 11) is 0. The number of amides is 1. The maximum atomic E-state index is 13.3. The van der Waals surface area contributed by atoms with Crippen LogP contribution in [-0.2, 0) is 4.79 Å². The number of halogens is 1. The molecule has 26 heavy (non-hydrogen) atoms. The van der Waals surface area contributed by atoms with Gasteiger partial charge >= 0.3 is 0 Å². The van der Waals surface area contributed by atoms with E-state index in [1.165, 1.54) is 25.3 Å². The minimum atomic E-state index is -0.453. The Balaban J connectivity index is 0. The number of carbonyl (C=O) groups is 1. The molecule has 0 aliphatic carbocycles. The molecule has 0 spiro atoms. The first-order chi connectivity index (χ1) is 12.6. The van der Waals surface area contributed by atoms with Crippen molar-refractivity contribution in [2.24, 2.45) is 0 Å². The molecule has 0 saturated carbocycles. The normalized spacial score (nSPS) is 8.08. The SMILES string of the molecule is C=CC=C.CC.CC.CC(=O)Nc1ccc(Oc2ccccc2F)nc1. The fraction of sp³-hybridized carbons (Fsp3) is 0.238. The number of aromatic nitrogens is 1. The largest absolute Gasteiger partial charge is 0.436 e. The maximum absolute atomic E-state index is 13.3. The summed E-state index contributed by atoms with van der Waals surface area (Å²) < 4.78 is 18.6. The third-order valence-corrected chi connectivity index (χ3v) is 2.27. The molecule has 2 aromatic rings. The zero-order valence-corrected chi connectivity index (χ0v) is 16.3. The van der Waals surface area contributed by atoms with E-state index in [0.29, 0.717) is 5.69 Å². The number of hydrogen-bond donors (Lipinski definition) is 1. The van der Waals surface area contributed by atoms with Crippen LogP contribution in [0, 0.1) is 5.82 Å². The molecule has 0 atom stereocenters. The first kappa shape index (κ1) is 25.3. The Morgan fingerprint density at radius 3 is 2.08 bits per heavy atom. The molecular weight excluding hydrogens is 331 g/mol. The Hall–Kier alpha value is -2.95. The summed E-state index contributed by atoms with van der Waals surface area (Å²) in [6.07, 6.45) is 4.72. The lowest BCUT2D eigenvalue weighted by atomic mass is 10.3. The second-order valence-corrected chi connectivity index (χ2v) is 4.07. The number of nitrogens with one attached hydrogen (secondary N) is 1. The first-order valence-electron chi connectivity index (χ1n) is 8.46. The molecule has 0 saturated heterocycles. The number of rotatable bonds is 4. The first-order valence-corrected chi connectivity index (χ1v) is 8.46. The average molecular weight is 360 g/mol. The van der Waals surface area contributed by atoms with Crippen LogP contribution in [0.1, 0.15) is 34.6 Å². The third-order valence-electron chi connectivity index (χ3n) is 2.27. The number of hydrogen-bond acceptors (Lipinski definition) is 3. The maximum Gasteiger partial charge on any atom is 0.221 e. The Bertz CT molecular complexity index is 635. The van der Waals surface area contributed by atoms with Crippen molar-refractivity contribution >= 4 is 11.6 Å². The lowest BCUT2D eigenvalue weighted by Gasteiger charge is -2.06. The lowest BCUT2D eigenvalue weighted by molar-refractivity contribution is -0.114. The van der Waals surface area contributed by atoms with Crippen LogP contribution in [0.3, 0.4) is 0 Å². The number of benzene rings is 1. The van der Waals surface area contributed by atoms with Gasteiger partial charge in [0.2, 0.25) is 11.8 Å². The van der Waals surface area contributed by atoms with Gasteiger partial charge in [0.05, 0.1) is 11.9 Å². The van der Waals surface area contributed by atoms with Gasteiger partial charge in [0, 0.05) is 13.0 Å². The highest BCUT2D eigenvalue weighted by Crippen LogP contribution is 2.22. The van der Waals surface area contributed by atoms with Crippen molar-refractivity contribution < 1.29 is 13.9 Å². The highest BCUT2D eigenvalue weighted by atomic mass is 19.1. The summed E-state index contributed by atoms with van der Waals surface area (Å²) in [6.45, 7) is 16.1. The standard InChI is InChI=1S/C13H11FN2O2.C4H6.2C2H6/c1-9(17)16-10-6-7-13(15-8-10)18-12-5-3-2-4-11(12)14;1-3-4-2;2*1-2/h2-8H,1H3,(H,16,17);3-4H,1-2H2;2*1-2H3. The van der Waals surface area contributed by atoms with Gasteiger partial charge in [-0.25, -0.2) is 9.37 Å². The van der Waals surface area contributed by atoms with E-state index >= 15 is 0 Å². The lowest BCUT2D eigenvalue weighted by Crippen LogP contribution is -2.05. The van der Waals surface area contributed by atoms with Crippen LogP contribution in [-0.4, -0.2) is 10.9 Å². The molecule has 5 heteroatoms. The molecule has 0 aliphatic rings. The predicted octanol–water partition coefficient (Wildman–Crippen LogP) is 6.38. The summed E-state index contributed by atoms with van der Waals surface area (Å²) in [5.74, 6) is -0.267. The molecule has 1 amide bonds. The van der Waals surface area contributed by atoms with E-state index in [9.17, 15) is 9.18 Å². The monoisotopic (exact) mass is 360 g/mol. The fourth-order valence-corrected chi connectivity index (χ4v) is 1.36. The summed E-state index contributed by atoms with van der Waals surface area (Å²) in [5.41, 5.74) is 0.559. The molecule has 0 fully saturated rings. The third kappa shape index (κ3) is 11.6. The highest BCUT2D eigenvalue weighted by molar-refractivity contribution is 5.88. The van der Waals surface area contributed by atoms with Gasteiger partial charge in [-0.15, -0.1) is 0 Å². The van der Waals surface area contributed by atoms with Gasteiger partial charge < -0.3 is 10.1 Å². The zero-order chi connectivity index (χ0) is 20.4. The minimum absolute atomic E-state index is 0.109. The van der Waals surface area contributed by atoms with Crippen molar-refractivity contribution in [1.82, 2.24) is 4.98 Å². The molecule has 1 N–H and O–H groups in total. The quantitative estimate of drug-likeness (QED) is 0.643. The van der Waals surface area contributed by atoms with Crippen LogP contribution in [0.5, 0.6) is 11.6 Å². The molecule has 142 valence electrons. The molecular formula is C21H29FN2O2. The Kier molecular flexibility index (Phi) is 16.4. The Morgan fingerprint density at radius 1 is 1.08 bits per heavy atom. The van der Waals surface area contributed by atoms with Gasteiger partial charge in [-0.05, 0) is 18.2 Å². The van der Waals surface area contributed by atoms with Gasteiger partial charge in [0.15, 0.2) is 11.6 Å². The van der Waals surface area contributed by atoms with E-state index in [1.54, 1.807) is 36.4 Å². The van der Waals surface area contributed by atoms with Gasteiger partial charge in [0.1, 0.15) is 0 Å². The Morgan fingerprint density at radius 2 is 1.65 bits per heavy atom. The van der Waals surface area contributed by atoms with Crippen molar-refractivity contribution in [1.29, 1.82) is 0 Å². The number of para-hydroxylation sites is 1. The zero-order valence-electron chi connectivity index (χ0n) is 16.3. The number of carbonyl (C=O) groups excluding carboxylic acids is 1. The number of ether oxygens (including phenoxy) is 1. The van der Waals surface area contributed by atoms with E-state index in [2.05, 4.69) is 23.5 Å². The molecule has 4 nitrogen and oxygen atoms in total. The number of nitrogens with zero attached hydrogens (tertiary/aromatic N) is 1. The van der Waals surface area contributed by atoms with E-state index in [-0.39, 0.29) is 17.5 Å². The topological polar surface area (TPSA) is 51.2 Å². The second-order valence-electron chi connectivity index (χ2n) is 4.07. The Labute approximate surface area is 156 Å². The van der Waals surface area contributed by atoms with Crippen molar-refractivity contribution in [2.45, 2.75) is 34.6 Å². The van der Waals surface area contributed by atoms with Gasteiger partial charge in [-0.2, -0.15) is 0 Å². The van der Waals surface area contributed by atoms with Crippen LogP contribution < -0.4 is 10.1 Å². The molecule has 0 aliphatic heterocycles. The summed E-state index contributed by atoms with van der Waals surface area (Å²) >= 11 is 0. The number of allylic oxidation sites excluding steroid dienone is 2. The summed E-state index contributed by atoms with van der Waals surface area (Å²) in [6, 6.07) is 9.25. The van der Waals surface area contributed by atoms with E-state index < -0.39 is 5.82 Å². The van der Waals surface area contributed by atoms with Gasteiger partial charge in [0.25, 0.3) is 0 Å². The van der Waals surface area contributed by atoms with Crippen LogP contribution >= 0.6 is 0 Å². The van der Waals surface area contributed by atoms with Crippen molar-refractivity contribution in [3.05, 3.63) is 73.7 Å². The molecule has 0 bridgehead atoms. The molecule has 1 aromatic carbocycles. The van der Waals surface area contributed by atoms with Gasteiger partial charge in [-0.1, -0.05) is 65.1 Å². The van der Waals surface area contributed by atoms with Crippen LogP contribution in [0.2, 0.25) is 0 Å². The van der Waals surface area contributed by atoms with E-state index in [4.69, 9.17) is 4.74 Å². The van der Waals surface area contributed by atoms with Crippen molar-refractivity contribution in [3.8, 4) is 11.6 Å². The average Bonchev–Trinajstić information content (AvgIpc) is 2.68. The molecule has 1 aromatic heterocycles. The molecule has 1 heterocycles. The number of anilines is 1. The van der Waals surface area contributed by atoms with Gasteiger partial charge in [-0.3, -0.25) is 4.79 Å². The molecule has 0 unspecified atom stereocenters. The van der Waals surface area contributed by atoms with E-state index in [0.717, 1.165) is 0 Å². The van der Waals surface area contributed by atoms with Crippen molar-refractivity contribution in [2.75, 3.05) is 5.32 Å².